The fraction of sp³-hybridized carbons (Fsp3) is 0.909. The molecular weight excluding hydrogens is 688 g/mol. The van der Waals surface area contributed by atoms with Crippen molar-refractivity contribution in [1.29, 1.82) is 0 Å². The molecule has 54 heavy (non-hydrogen) atoms. The third-order valence-electron chi connectivity index (χ3n) is 12.0. The van der Waals surface area contributed by atoms with Gasteiger partial charge in [-0.3, -0.25) is 19.2 Å². The van der Waals surface area contributed by atoms with Crippen LogP contribution >= 0.6 is 0 Å². The number of unbranched alkanes of at least 4 members (excludes halogenated alkanes) is 19. The molecule has 2 aliphatic heterocycles. The minimum atomic E-state index is -0.562. The molecule has 0 aromatic heterocycles. The van der Waals surface area contributed by atoms with Crippen LogP contribution in [0.4, 0.5) is 0 Å². The van der Waals surface area contributed by atoms with E-state index in [0.29, 0.717) is 51.7 Å². The van der Waals surface area contributed by atoms with Crippen LogP contribution in [0.2, 0.25) is 0 Å². The molecule has 0 spiro atoms. The van der Waals surface area contributed by atoms with Gasteiger partial charge in [-0.25, -0.2) is 0 Å². The van der Waals surface area contributed by atoms with Gasteiger partial charge in [0.05, 0.1) is 74.5 Å². The molecule has 0 amide bonds. The second kappa shape index (κ2) is 25.9. The Morgan fingerprint density at radius 2 is 0.556 bits per heavy atom. The van der Waals surface area contributed by atoms with Crippen LogP contribution < -0.4 is 0 Å². The Bertz CT molecular complexity index is 1010. The van der Waals surface area contributed by atoms with Crippen molar-refractivity contribution in [2.45, 2.75) is 205 Å². The van der Waals surface area contributed by atoms with Crippen molar-refractivity contribution in [2.75, 3.05) is 26.4 Å². The van der Waals surface area contributed by atoms with E-state index >= 15 is 0 Å². The van der Waals surface area contributed by atoms with E-state index in [9.17, 15) is 19.2 Å². The largest absolute Gasteiger partial charge is 0.465 e. The molecule has 2 aliphatic carbocycles. The van der Waals surface area contributed by atoms with Crippen LogP contribution in [0.15, 0.2) is 0 Å². The predicted molar refractivity (Wildman–Crippen MR) is 207 cm³/mol. The highest BCUT2D eigenvalue weighted by Crippen LogP contribution is 2.45. The third kappa shape index (κ3) is 16.5. The van der Waals surface area contributed by atoms with Crippen LogP contribution in [-0.2, 0) is 47.6 Å². The number of rotatable bonds is 31. The molecule has 0 radical (unpaired) electrons. The monoisotopic (exact) mass is 763 g/mol. The van der Waals surface area contributed by atoms with Crippen LogP contribution in [0, 0.1) is 23.7 Å². The van der Waals surface area contributed by atoms with E-state index in [1.807, 2.05) is 0 Å². The molecule has 310 valence electrons. The molecule has 2 heterocycles. The van der Waals surface area contributed by atoms with Gasteiger partial charge in [0.1, 0.15) is 0 Å². The zero-order valence-corrected chi connectivity index (χ0v) is 33.9. The predicted octanol–water partition coefficient (Wildman–Crippen LogP) is 9.37. The summed E-state index contributed by atoms with van der Waals surface area (Å²) in [7, 11) is 0. The number of carbonyl (C=O) groups is 4. The molecule has 4 fully saturated rings. The van der Waals surface area contributed by atoms with Crippen LogP contribution in [0.25, 0.3) is 0 Å². The highest BCUT2D eigenvalue weighted by atomic mass is 16.6. The highest BCUT2D eigenvalue weighted by Gasteiger charge is 2.54. The smallest absolute Gasteiger partial charge is 0.309 e. The van der Waals surface area contributed by atoms with E-state index in [-0.39, 0.29) is 61.5 Å². The summed E-state index contributed by atoms with van der Waals surface area (Å²) >= 11 is 0. The Kier molecular flexibility index (Phi) is 21.3. The van der Waals surface area contributed by atoms with Crippen molar-refractivity contribution in [3.8, 4) is 0 Å². The average molecular weight is 763 g/mol. The minimum absolute atomic E-state index is 0.0184. The molecule has 10 heteroatoms. The Morgan fingerprint density at radius 3 is 0.796 bits per heavy atom. The molecule has 10 nitrogen and oxygen atoms in total. The molecule has 0 aromatic carbocycles. The number of esters is 4. The van der Waals surface area contributed by atoms with E-state index in [1.54, 1.807) is 0 Å². The van der Waals surface area contributed by atoms with Crippen molar-refractivity contribution in [3.63, 3.8) is 0 Å². The molecule has 8 atom stereocenters. The maximum atomic E-state index is 13.1. The first-order chi connectivity index (χ1) is 26.4. The molecule has 2 saturated heterocycles. The first-order valence-electron chi connectivity index (χ1n) is 22.4. The van der Waals surface area contributed by atoms with Gasteiger partial charge < -0.3 is 28.4 Å². The summed E-state index contributed by atoms with van der Waals surface area (Å²) in [5.74, 6) is -3.61. The number of ether oxygens (including phenoxy) is 6. The summed E-state index contributed by atoms with van der Waals surface area (Å²) in [5, 5.41) is 0. The quantitative estimate of drug-likeness (QED) is 0.0291. The zero-order valence-electron chi connectivity index (χ0n) is 33.9. The van der Waals surface area contributed by atoms with E-state index < -0.39 is 23.7 Å². The maximum absolute atomic E-state index is 13.1. The number of fused-ring (bicyclic) bond motifs is 2. The molecule has 4 aliphatic rings. The van der Waals surface area contributed by atoms with E-state index in [1.165, 1.54) is 89.9 Å². The standard InChI is InChI=1S/C44H74O10/c1-3-5-7-9-11-13-15-17-19-21-25-49-41(45)33-29-37-39(53-37)31-35(33)43(47)51-27-23-24-28-52-44(48)36-32-40-38(54-40)30-34(36)42(46)50-26-22-20-18-16-14-12-10-8-6-4-2/h33-40H,3-32H2,1-2H3. The van der Waals surface area contributed by atoms with Crippen molar-refractivity contribution in [3.05, 3.63) is 0 Å². The Labute approximate surface area is 326 Å². The first kappa shape index (κ1) is 44.5. The van der Waals surface area contributed by atoms with Gasteiger partial charge >= 0.3 is 23.9 Å². The van der Waals surface area contributed by atoms with Crippen molar-refractivity contribution in [2.24, 2.45) is 23.7 Å². The van der Waals surface area contributed by atoms with Gasteiger partial charge in [-0.15, -0.1) is 0 Å². The third-order valence-corrected chi connectivity index (χ3v) is 12.0. The highest BCUT2D eigenvalue weighted by molar-refractivity contribution is 5.83. The number of hydrogen-bond donors (Lipinski definition) is 0. The Balaban J connectivity index is 1.04. The fourth-order valence-electron chi connectivity index (χ4n) is 8.39. The van der Waals surface area contributed by atoms with E-state index in [4.69, 9.17) is 28.4 Å². The van der Waals surface area contributed by atoms with E-state index in [0.717, 1.165) is 38.5 Å². The molecule has 0 N–H and O–H groups in total. The summed E-state index contributed by atoms with van der Waals surface area (Å²) in [6, 6.07) is 0. The van der Waals surface area contributed by atoms with Gasteiger partial charge in [0.25, 0.3) is 0 Å². The normalized spacial score (nSPS) is 26.6. The van der Waals surface area contributed by atoms with Gasteiger partial charge in [0.2, 0.25) is 0 Å². The molecule has 0 bridgehead atoms. The summed E-state index contributed by atoms with van der Waals surface area (Å²) in [4.78, 5) is 52.2. The number of epoxide rings is 2. The fourth-order valence-corrected chi connectivity index (χ4v) is 8.39. The van der Waals surface area contributed by atoms with Crippen molar-refractivity contribution in [1.82, 2.24) is 0 Å². The van der Waals surface area contributed by atoms with Crippen LogP contribution in [-0.4, -0.2) is 74.7 Å². The lowest BCUT2D eigenvalue weighted by atomic mass is 9.79. The summed E-state index contributed by atoms with van der Waals surface area (Å²) in [5.41, 5.74) is 0. The number of hydrogen-bond acceptors (Lipinski definition) is 10. The van der Waals surface area contributed by atoms with Gasteiger partial charge in [-0.1, -0.05) is 129 Å². The van der Waals surface area contributed by atoms with Gasteiger partial charge in [-0.05, 0) is 51.4 Å². The van der Waals surface area contributed by atoms with Crippen molar-refractivity contribution < 1.29 is 47.6 Å². The Morgan fingerprint density at radius 1 is 0.352 bits per heavy atom. The lowest BCUT2D eigenvalue weighted by molar-refractivity contribution is -0.163. The van der Waals surface area contributed by atoms with Crippen LogP contribution in [0.5, 0.6) is 0 Å². The topological polar surface area (TPSA) is 130 Å². The molecule has 4 rings (SSSR count). The average Bonchev–Trinajstić information content (AvgIpc) is 4.11. The second-order valence-corrected chi connectivity index (χ2v) is 16.5. The lowest BCUT2D eigenvalue weighted by Crippen LogP contribution is -2.38. The summed E-state index contributed by atoms with van der Waals surface area (Å²) in [6.45, 7) is 5.60. The van der Waals surface area contributed by atoms with Gasteiger partial charge in [-0.2, -0.15) is 0 Å². The minimum Gasteiger partial charge on any atom is -0.465 e. The van der Waals surface area contributed by atoms with Crippen LogP contribution in [0.1, 0.15) is 181 Å². The number of carbonyl (C=O) groups excluding carboxylic acids is 4. The molecule has 8 unspecified atom stereocenters. The summed E-state index contributed by atoms with van der Waals surface area (Å²) < 4.78 is 33.8. The second-order valence-electron chi connectivity index (χ2n) is 16.5. The van der Waals surface area contributed by atoms with Crippen molar-refractivity contribution >= 4 is 23.9 Å². The van der Waals surface area contributed by atoms with E-state index in [2.05, 4.69) is 13.8 Å². The molecular formula is C44H74O10. The SMILES string of the molecule is CCCCCCCCCCCCOC(=O)C1CC2OC2CC1C(=O)OCCCCOC(=O)C1CC2OC2CC1C(=O)OCCCCCCCCCCCC. The maximum Gasteiger partial charge on any atom is 0.309 e. The zero-order chi connectivity index (χ0) is 38.4. The molecule has 2 saturated carbocycles. The van der Waals surface area contributed by atoms with Crippen LogP contribution in [0.3, 0.4) is 0 Å². The first-order valence-corrected chi connectivity index (χ1v) is 22.4. The summed E-state index contributed by atoms with van der Waals surface area (Å²) in [6.07, 6.45) is 27.4. The molecule has 0 aromatic rings. The lowest BCUT2D eigenvalue weighted by Gasteiger charge is -2.26. The Hall–Kier alpha value is -2.20. The van der Waals surface area contributed by atoms with Gasteiger partial charge in [0.15, 0.2) is 0 Å². The van der Waals surface area contributed by atoms with Gasteiger partial charge in [0, 0.05) is 0 Å².